The maximum absolute atomic E-state index is 11.5. The summed E-state index contributed by atoms with van der Waals surface area (Å²) < 4.78 is 1.89. The average molecular weight is 232 g/mol. The van der Waals surface area contributed by atoms with Crippen LogP contribution >= 0.6 is 0 Å². The largest absolute Gasteiger partial charge is 0.325 e. The monoisotopic (exact) mass is 232 g/mol. The number of nitrogens with one attached hydrogen (secondary N) is 1. The molecule has 0 spiro atoms. The number of carbonyl (C=O) groups is 1. The molecule has 17 heavy (non-hydrogen) atoms. The van der Waals surface area contributed by atoms with Crippen molar-refractivity contribution in [3.05, 3.63) is 24.4 Å². The molecule has 2 rings (SSSR count). The van der Waals surface area contributed by atoms with E-state index in [-0.39, 0.29) is 5.91 Å². The normalized spacial score (nSPS) is 12.6. The van der Waals surface area contributed by atoms with E-state index in [0.29, 0.717) is 0 Å². The summed E-state index contributed by atoms with van der Waals surface area (Å²) in [5.74, 6) is -0.188. The lowest BCUT2D eigenvalue weighted by Crippen LogP contribution is -2.32. The minimum atomic E-state index is -0.512. The highest BCUT2D eigenvalue weighted by Crippen LogP contribution is 2.19. The van der Waals surface area contributed by atoms with Gasteiger partial charge in [0.25, 0.3) is 0 Å². The van der Waals surface area contributed by atoms with Gasteiger partial charge < -0.3 is 11.1 Å². The molecule has 1 aromatic heterocycles. The van der Waals surface area contributed by atoms with Crippen LogP contribution in [0.2, 0.25) is 0 Å². The highest BCUT2D eigenvalue weighted by molar-refractivity contribution is 5.96. The lowest BCUT2D eigenvalue weighted by molar-refractivity contribution is -0.117. The van der Waals surface area contributed by atoms with Crippen LogP contribution < -0.4 is 11.1 Å². The van der Waals surface area contributed by atoms with Gasteiger partial charge >= 0.3 is 0 Å². The molecule has 5 nitrogen and oxygen atoms in total. The first-order chi connectivity index (χ1) is 8.11. The quantitative estimate of drug-likeness (QED) is 0.838. The lowest BCUT2D eigenvalue weighted by atomic mass is 10.2. The van der Waals surface area contributed by atoms with Crippen molar-refractivity contribution in [1.82, 2.24) is 9.78 Å². The number of carbonyl (C=O) groups excluding carboxylic acids is 1. The smallest absolute Gasteiger partial charge is 0.240 e. The molecule has 1 amide bonds. The Labute approximate surface area is 99.6 Å². The summed E-state index contributed by atoms with van der Waals surface area (Å²) in [7, 11) is 0. The molecule has 0 radical (unpaired) electrons. The molecule has 0 unspecified atom stereocenters. The van der Waals surface area contributed by atoms with Gasteiger partial charge in [0, 0.05) is 17.6 Å². The predicted molar refractivity (Wildman–Crippen MR) is 67.7 cm³/mol. The van der Waals surface area contributed by atoms with E-state index >= 15 is 0 Å². The highest BCUT2D eigenvalue weighted by atomic mass is 16.2. The molecule has 90 valence electrons. The first-order valence-corrected chi connectivity index (χ1v) is 5.64. The van der Waals surface area contributed by atoms with E-state index in [1.165, 1.54) is 0 Å². The molecule has 0 saturated heterocycles. The number of nitrogens with two attached hydrogens (primary N) is 1. The van der Waals surface area contributed by atoms with Gasteiger partial charge in [-0.2, -0.15) is 5.10 Å². The zero-order valence-electron chi connectivity index (χ0n) is 9.97. The van der Waals surface area contributed by atoms with E-state index in [2.05, 4.69) is 10.4 Å². The second-order valence-corrected chi connectivity index (χ2v) is 4.01. The van der Waals surface area contributed by atoms with Crippen LogP contribution in [0.1, 0.15) is 13.8 Å². The summed E-state index contributed by atoms with van der Waals surface area (Å²) in [6.45, 7) is 4.48. The molecular weight excluding hydrogens is 216 g/mol. The molecule has 0 saturated carbocycles. The zero-order valence-corrected chi connectivity index (χ0v) is 9.97. The second-order valence-electron chi connectivity index (χ2n) is 4.01. The maximum atomic E-state index is 11.5. The number of hydrogen-bond acceptors (Lipinski definition) is 3. The Bertz CT molecular complexity index is 544. The predicted octanol–water partition coefficient (Wildman–Crippen LogP) is 1.34. The van der Waals surface area contributed by atoms with E-state index < -0.39 is 6.04 Å². The minimum Gasteiger partial charge on any atom is -0.325 e. The topological polar surface area (TPSA) is 72.9 Å². The summed E-state index contributed by atoms with van der Waals surface area (Å²) in [6, 6.07) is 5.18. The summed E-state index contributed by atoms with van der Waals surface area (Å²) in [5, 5.41) is 8.08. The minimum absolute atomic E-state index is 0.188. The van der Waals surface area contributed by atoms with Crippen LogP contribution in [0.4, 0.5) is 5.69 Å². The molecule has 1 heterocycles. The van der Waals surface area contributed by atoms with E-state index in [0.717, 1.165) is 23.1 Å². The standard InChI is InChI=1S/C12H16N4O/c1-3-16-11-6-10(15-12(17)8(2)13)5-4-9(11)7-14-16/h4-8H,3,13H2,1-2H3,(H,15,17)/t8-/m1/s1. The third kappa shape index (κ3) is 2.29. The molecule has 0 bridgehead atoms. The number of amides is 1. The molecule has 2 aromatic rings. The summed E-state index contributed by atoms with van der Waals surface area (Å²) in [5.41, 5.74) is 7.26. The number of benzene rings is 1. The van der Waals surface area contributed by atoms with Crippen LogP contribution in [0.3, 0.4) is 0 Å². The summed E-state index contributed by atoms with van der Waals surface area (Å²) in [4.78, 5) is 11.5. The molecule has 0 fully saturated rings. The average Bonchev–Trinajstić information content (AvgIpc) is 2.71. The Morgan fingerprint density at radius 2 is 2.35 bits per heavy atom. The molecule has 0 aliphatic carbocycles. The number of anilines is 1. The van der Waals surface area contributed by atoms with Gasteiger partial charge in [0.05, 0.1) is 17.8 Å². The number of aromatic nitrogens is 2. The zero-order chi connectivity index (χ0) is 12.4. The van der Waals surface area contributed by atoms with Crippen LogP contribution in [-0.2, 0) is 11.3 Å². The van der Waals surface area contributed by atoms with E-state index in [1.807, 2.05) is 36.0 Å². The van der Waals surface area contributed by atoms with Crippen molar-refractivity contribution < 1.29 is 4.79 Å². The van der Waals surface area contributed by atoms with Crippen LogP contribution in [-0.4, -0.2) is 21.7 Å². The lowest BCUT2D eigenvalue weighted by Gasteiger charge is -2.08. The summed E-state index contributed by atoms with van der Waals surface area (Å²) >= 11 is 0. The van der Waals surface area contributed by atoms with Crippen LogP contribution in [0.5, 0.6) is 0 Å². The van der Waals surface area contributed by atoms with Crippen molar-refractivity contribution in [3.8, 4) is 0 Å². The van der Waals surface area contributed by atoms with Crippen molar-refractivity contribution in [3.63, 3.8) is 0 Å². The molecular formula is C12H16N4O. The van der Waals surface area contributed by atoms with Gasteiger partial charge in [-0.15, -0.1) is 0 Å². The Morgan fingerprint density at radius 1 is 1.59 bits per heavy atom. The highest BCUT2D eigenvalue weighted by Gasteiger charge is 2.08. The van der Waals surface area contributed by atoms with Crippen LogP contribution in [0.15, 0.2) is 24.4 Å². The number of nitrogens with zero attached hydrogens (tertiary/aromatic N) is 2. The van der Waals surface area contributed by atoms with Gasteiger partial charge in [0.1, 0.15) is 0 Å². The first kappa shape index (κ1) is 11.6. The second kappa shape index (κ2) is 4.55. The Balaban J connectivity index is 2.33. The number of fused-ring (bicyclic) bond motifs is 1. The van der Waals surface area contributed by atoms with Gasteiger partial charge in [-0.3, -0.25) is 9.48 Å². The van der Waals surface area contributed by atoms with Crippen molar-refractivity contribution in [2.75, 3.05) is 5.32 Å². The van der Waals surface area contributed by atoms with Crippen LogP contribution in [0.25, 0.3) is 10.9 Å². The van der Waals surface area contributed by atoms with Crippen molar-refractivity contribution >= 4 is 22.5 Å². The van der Waals surface area contributed by atoms with E-state index in [9.17, 15) is 4.79 Å². The number of rotatable bonds is 3. The number of aryl methyl sites for hydroxylation is 1. The molecule has 5 heteroatoms. The summed E-state index contributed by atoms with van der Waals surface area (Å²) in [6.07, 6.45) is 1.82. The molecule has 1 atom stereocenters. The maximum Gasteiger partial charge on any atom is 0.240 e. The number of hydrogen-bond donors (Lipinski definition) is 2. The fourth-order valence-electron chi connectivity index (χ4n) is 1.66. The first-order valence-electron chi connectivity index (χ1n) is 5.64. The Hall–Kier alpha value is -1.88. The van der Waals surface area contributed by atoms with Gasteiger partial charge in [-0.05, 0) is 32.0 Å². The van der Waals surface area contributed by atoms with E-state index in [1.54, 1.807) is 6.92 Å². The fraction of sp³-hybridized carbons (Fsp3) is 0.333. The van der Waals surface area contributed by atoms with Gasteiger partial charge in [-0.1, -0.05) is 0 Å². The molecule has 3 N–H and O–H groups in total. The van der Waals surface area contributed by atoms with Gasteiger partial charge in [0.2, 0.25) is 5.91 Å². The van der Waals surface area contributed by atoms with Gasteiger partial charge in [0.15, 0.2) is 0 Å². The third-order valence-electron chi connectivity index (χ3n) is 2.63. The Morgan fingerprint density at radius 3 is 3.00 bits per heavy atom. The van der Waals surface area contributed by atoms with Crippen molar-refractivity contribution in [1.29, 1.82) is 0 Å². The van der Waals surface area contributed by atoms with Crippen molar-refractivity contribution in [2.45, 2.75) is 26.4 Å². The van der Waals surface area contributed by atoms with Gasteiger partial charge in [-0.25, -0.2) is 0 Å². The van der Waals surface area contributed by atoms with E-state index in [4.69, 9.17) is 5.73 Å². The third-order valence-corrected chi connectivity index (χ3v) is 2.63. The van der Waals surface area contributed by atoms with Crippen LogP contribution in [0, 0.1) is 0 Å². The van der Waals surface area contributed by atoms with Crippen molar-refractivity contribution in [2.24, 2.45) is 5.73 Å². The molecule has 1 aromatic carbocycles. The molecule has 0 aliphatic heterocycles. The Kier molecular flexibility index (Phi) is 3.10. The SMILES string of the molecule is CCn1ncc2ccc(NC(=O)[C@@H](C)N)cc21. The fourth-order valence-corrected chi connectivity index (χ4v) is 1.66. The molecule has 0 aliphatic rings.